The number of ether oxygens (including phenoxy) is 2. The Balaban J connectivity index is 1.02. The number of carbonyl (C=O) groups excluding carboxylic acids is 2. The van der Waals surface area contributed by atoms with Crippen LogP contribution in [0.2, 0.25) is 5.02 Å². The summed E-state index contributed by atoms with van der Waals surface area (Å²) in [5, 5.41) is 16.4. The number of hydrogen-bond acceptors (Lipinski definition) is 11. The predicted molar refractivity (Wildman–Crippen MR) is 236 cm³/mol. The maximum atomic E-state index is 14.0. The number of carbonyl (C=O) groups is 2. The van der Waals surface area contributed by atoms with Crippen LogP contribution in [0.5, 0.6) is 17.2 Å². The van der Waals surface area contributed by atoms with Gasteiger partial charge in [0, 0.05) is 92.6 Å². The molecule has 17 heteroatoms. The highest BCUT2D eigenvalue weighted by molar-refractivity contribution is 7.90. The Morgan fingerprint density at radius 1 is 1.06 bits per heavy atom. The Labute approximate surface area is 364 Å². The van der Waals surface area contributed by atoms with Crippen molar-refractivity contribution >= 4 is 61.4 Å². The zero-order chi connectivity index (χ0) is 43.8. The van der Waals surface area contributed by atoms with Crippen LogP contribution in [0.3, 0.4) is 0 Å². The van der Waals surface area contributed by atoms with E-state index in [1.165, 1.54) is 42.0 Å². The van der Waals surface area contributed by atoms with Gasteiger partial charge >= 0.3 is 0 Å². The van der Waals surface area contributed by atoms with Crippen molar-refractivity contribution in [2.75, 3.05) is 50.8 Å². The number of nitrogens with zero attached hydrogens (tertiary/aromatic N) is 4. The summed E-state index contributed by atoms with van der Waals surface area (Å²) in [7, 11) is -4.66. The number of nitro benzene ring substituents is 1. The van der Waals surface area contributed by atoms with Crippen molar-refractivity contribution in [3.8, 4) is 17.2 Å². The minimum absolute atomic E-state index is 0.0219. The van der Waals surface area contributed by atoms with E-state index in [1.807, 2.05) is 18.2 Å². The molecule has 2 aromatic heterocycles. The molecular formula is C45H48ClN7O8S. The van der Waals surface area contributed by atoms with E-state index in [1.54, 1.807) is 24.4 Å². The van der Waals surface area contributed by atoms with E-state index in [0.717, 1.165) is 61.1 Å². The van der Waals surface area contributed by atoms with E-state index in [2.05, 4.69) is 55.8 Å². The van der Waals surface area contributed by atoms with Crippen molar-refractivity contribution < 1.29 is 32.4 Å². The Hall–Kier alpha value is -5.97. The molecule has 1 fully saturated rings. The van der Waals surface area contributed by atoms with Crippen LogP contribution >= 0.6 is 11.6 Å². The summed E-state index contributed by atoms with van der Waals surface area (Å²) in [4.78, 5) is 48.5. The Morgan fingerprint density at radius 2 is 1.84 bits per heavy atom. The van der Waals surface area contributed by atoms with Crippen molar-refractivity contribution in [2.24, 2.45) is 11.3 Å². The monoisotopic (exact) mass is 881 g/mol. The number of amides is 2. The fourth-order valence-electron chi connectivity index (χ4n) is 8.45. The summed E-state index contributed by atoms with van der Waals surface area (Å²) in [6.45, 7) is 10.3. The highest BCUT2D eigenvalue weighted by Crippen LogP contribution is 2.44. The largest absolute Gasteiger partial charge is 0.493 e. The Morgan fingerprint density at radius 3 is 2.58 bits per heavy atom. The zero-order valence-electron chi connectivity index (χ0n) is 34.7. The number of H-pyrrole nitrogens is 1. The van der Waals surface area contributed by atoms with Crippen molar-refractivity contribution in [1.29, 1.82) is 0 Å². The molecule has 4 heterocycles. The van der Waals surface area contributed by atoms with Crippen molar-refractivity contribution in [2.45, 2.75) is 51.3 Å². The average molecular weight is 882 g/mol. The van der Waals surface area contributed by atoms with Crippen LogP contribution in [0.15, 0.2) is 89.6 Å². The third-order valence-electron chi connectivity index (χ3n) is 11.8. The first kappa shape index (κ1) is 42.7. The van der Waals surface area contributed by atoms with E-state index < -0.39 is 31.4 Å². The van der Waals surface area contributed by atoms with Gasteiger partial charge < -0.3 is 24.7 Å². The third-order valence-corrected chi connectivity index (χ3v) is 13.4. The quantitative estimate of drug-likeness (QED) is 0.0831. The van der Waals surface area contributed by atoms with Gasteiger partial charge in [-0.15, -0.1) is 0 Å². The van der Waals surface area contributed by atoms with Crippen molar-refractivity contribution in [3.63, 3.8) is 0 Å². The number of benzene rings is 3. The average Bonchev–Trinajstić information content (AvgIpc) is 3.71. The van der Waals surface area contributed by atoms with Crippen molar-refractivity contribution in [1.82, 2.24) is 24.9 Å². The number of pyridine rings is 1. The van der Waals surface area contributed by atoms with Gasteiger partial charge in [-0.3, -0.25) is 24.6 Å². The first-order valence-electron chi connectivity index (χ1n) is 20.6. The van der Waals surface area contributed by atoms with Gasteiger partial charge in [0.15, 0.2) is 0 Å². The molecule has 0 unspecified atom stereocenters. The second kappa shape index (κ2) is 17.4. The number of halogens is 1. The van der Waals surface area contributed by atoms with Gasteiger partial charge in [0.2, 0.25) is 5.91 Å². The molecule has 15 nitrogen and oxygen atoms in total. The minimum Gasteiger partial charge on any atom is -0.493 e. The van der Waals surface area contributed by atoms with Gasteiger partial charge in [0.1, 0.15) is 22.9 Å². The summed E-state index contributed by atoms with van der Waals surface area (Å²) < 4.78 is 41.8. The number of allylic oxidation sites excluding steroid dienone is 1. The first-order chi connectivity index (χ1) is 29.6. The molecule has 3 aromatic carbocycles. The van der Waals surface area contributed by atoms with Crippen LogP contribution in [-0.4, -0.2) is 85.9 Å². The number of sulfonamides is 1. The summed E-state index contributed by atoms with van der Waals surface area (Å²) in [5.74, 6) is -1.05. The summed E-state index contributed by atoms with van der Waals surface area (Å²) in [5.41, 5.74) is 5.39. The third kappa shape index (κ3) is 9.57. The smallest absolute Gasteiger partial charge is 0.277 e. The second-order valence-corrected chi connectivity index (χ2v) is 19.1. The van der Waals surface area contributed by atoms with Crippen LogP contribution in [0.4, 0.5) is 11.4 Å². The number of hydrogen-bond donors (Lipinski definition) is 3. The van der Waals surface area contributed by atoms with Crippen LogP contribution in [0.1, 0.15) is 61.5 Å². The highest BCUT2D eigenvalue weighted by atomic mass is 35.5. The summed E-state index contributed by atoms with van der Waals surface area (Å²) in [6.07, 6.45) is 6.61. The maximum Gasteiger partial charge on any atom is 0.277 e. The van der Waals surface area contributed by atoms with Gasteiger partial charge in [-0.1, -0.05) is 43.2 Å². The molecule has 0 spiro atoms. The van der Waals surface area contributed by atoms with E-state index in [-0.39, 0.29) is 59.4 Å². The van der Waals surface area contributed by atoms with Gasteiger partial charge in [-0.2, -0.15) is 0 Å². The molecule has 3 aliphatic rings. The summed E-state index contributed by atoms with van der Waals surface area (Å²) >= 11 is 6.24. The lowest BCUT2D eigenvalue weighted by Gasteiger charge is -2.39. The van der Waals surface area contributed by atoms with Crippen LogP contribution in [-0.2, 0) is 21.2 Å². The molecule has 3 N–H and O–H groups in total. The zero-order valence-corrected chi connectivity index (χ0v) is 36.3. The maximum absolute atomic E-state index is 14.0. The minimum atomic E-state index is -4.66. The molecule has 324 valence electrons. The summed E-state index contributed by atoms with van der Waals surface area (Å²) in [6, 6.07) is 18.8. The van der Waals surface area contributed by atoms with E-state index in [0.29, 0.717) is 24.5 Å². The number of aromatic nitrogens is 2. The van der Waals surface area contributed by atoms with Gasteiger partial charge in [0.25, 0.3) is 21.6 Å². The molecular weight excluding hydrogens is 834 g/mol. The number of nitro groups is 1. The lowest BCUT2D eigenvalue weighted by molar-refractivity contribution is -0.386. The fourth-order valence-corrected chi connectivity index (χ4v) is 9.58. The number of rotatable bonds is 12. The normalized spacial score (nSPS) is 17.9. The number of piperazine rings is 1. The molecule has 8 rings (SSSR count). The lowest BCUT2D eigenvalue weighted by atomic mass is 9.72. The number of anilines is 1. The molecule has 62 heavy (non-hydrogen) atoms. The van der Waals surface area contributed by atoms with Crippen molar-refractivity contribution in [3.05, 3.63) is 117 Å². The molecule has 0 radical (unpaired) electrons. The van der Waals surface area contributed by atoms with Gasteiger partial charge in [-0.25, -0.2) is 18.1 Å². The molecule has 0 saturated carbocycles. The lowest BCUT2D eigenvalue weighted by Crippen LogP contribution is -2.47. The topological polar surface area (TPSA) is 189 Å². The first-order valence-corrected chi connectivity index (χ1v) is 22.4. The SMILES string of the molecule is CC(=O)NC[C@H]1COc2cc(S(=O)(=O)NC(=O)c3ccc(N4CCN(CC5=C(c6ccc(Cl)cc6)CC(C)(C)CC5)CC4)cc3Oc3cnc4[nH]ccc4c3)cc([N+](=O)[O-])c2C1. The molecule has 2 amide bonds. The predicted octanol–water partition coefficient (Wildman–Crippen LogP) is 7.51. The standard InChI is InChI=1S/C45H48ClN7O8S/c1-28(54)48-24-29-18-38-40(53(56)57)21-36(22-41(38)60-27-29)62(58,59)50-44(55)37-9-8-34(20-42(37)61-35-19-31-11-13-47-43(31)49-25-35)52-16-14-51(15-17-52)26-32-10-12-45(2,3)23-39(32)30-4-6-33(46)7-5-30/h4-9,11,13,19-22,25,29H,10,12,14-18,23-24,26-27H2,1-3H3,(H,47,49)(H,48,54)(H,50,55)/t29-/m0/s1. The molecule has 5 aromatic rings. The fraction of sp³-hybridized carbons (Fsp3) is 0.356. The second-order valence-electron chi connectivity index (χ2n) is 17.0. The highest BCUT2D eigenvalue weighted by Gasteiger charge is 2.33. The molecule has 1 aliphatic carbocycles. The number of aromatic amines is 1. The van der Waals surface area contributed by atoms with Gasteiger partial charge in [-0.05, 0) is 78.6 Å². The molecule has 1 atom stereocenters. The van der Waals surface area contributed by atoms with E-state index in [4.69, 9.17) is 21.1 Å². The van der Waals surface area contributed by atoms with Crippen LogP contribution in [0.25, 0.3) is 16.6 Å². The molecule has 2 aliphatic heterocycles. The molecule has 0 bridgehead atoms. The Kier molecular flexibility index (Phi) is 12.0. The Bertz CT molecular complexity index is 2690. The van der Waals surface area contributed by atoms with Crippen LogP contribution < -0.4 is 24.4 Å². The van der Waals surface area contributed by atoms with E-state index in [9.17, 15) is 28.1 Å². The van der Waals surface area contributed by atoms with E-state index >= 15 is 0 Å². The molecule has 1 saturated heterocycles. The van der Waals surface area contributed by atoms with Gasteiger partial charge in [0.05, 0.1) is 33.7 Å². The van der Waals surface area contributed by atoms with Crippen LogP contribution in [0, 0.1) is 21.4 Å². The number of fused-ring (bicyclic) bond motifs is 2. The number of nitrogens with one attached hydrogen (secondary N) is 3.